The molecule has 0 amide bonds. The van der Waals surface area contributed by atoms with Crippen LogP contribution in [0.1, 0.15) is 30.9 Å². The van der Waals surface area contributed by atoms with Crippen LogP contribution in [-0.4, -0.2) is 36.1 Å². The highest BCUT2D eigenvalue weighted by molar-refractivity contribution is 7.81. The SMILES string of the molecule is COc1ccc(C(O)C2CCCCN2P(C)Cl)cc1. The first-order valence-corrected chi connectivity index (χ1v) is 9.26. The van der Waals surface area contributed by atoms with Crippen LogP contribution in [0.25, 0.3) is 0 Å². The van der Waals surface area contributed by atoms with Gasteiger partial charge in [-0.05, 0) is 37.2 Å². The second-order valence-electron chi connectivity index (χ2n) is 4.89. The quantitative estimate of drug-likeness (QED) is 0.860. The molecule has 1 heterocycles. The van der Waals surface area contributed by atoms with Crippen LogP contribution in [0.15, 0.2) is 24.3 Å². The summed E-state index contributed by atoms with van der Waals surface area (Å²) in [4.78, 5) is 0. The number of hydrogen-bond acceptors (Lipinski definition) is 3. The Balaban J connectivity index is 2.13. The predicted octanol–water partition coefficient (Wildman–Crippen LogP) is 3.76. The molecule has 3 unspecified atom stereocenters. The molecule has 0 radical (unpaired) electrons. The maximum atomic E-state index is 10.6. The summed E-state index contributed by atoms with van der Waals surface area (Å²) >= 11 is 6.29. The average molecular weight is 302 g/mol. The van der Waals surface area contributed by atoms with Crippen LogP contribution in [-0.2, 0) is 0 Å². The van der Waals surface area contributed by atoms with Crippen LogP contribution in [0.5, 0.6) is 5.75 Å². The zero-order chi connectivity index (χ0) is 13.8. The highest BCUT2D eigenvalue weighted by Gasteiger charge is 2.32. The van der Waals surface area contributed by atoms with Gasteiger partial charge in [0.25, 0.3) is 0 Å². The lowest BCUT2D eigenvalue weighted by Crippen LogP contribution is -2.39. The third kappa shape index (κ3) is 3.61. The van der Waals surface area contributed by atoms with E-state index in [1.54, 1.807) is 7.11 Å². The van der Waals surface area contributed by atoms with Gasteiger partial charge in [-0.25, -0.2) is 0 Å². The van der Waals surface area contributed by atoms with Crippen molar-refractivity contribution in [3.63, 3.8) is 0 Å². The molecule has 1 aliphatic heterocycles. The van der Waals surface area contributed by atoms with Gasteiger partial charge in [0.05, 0.1) is 20.6 Å². The molecule has 0 bridgehead atoms. The van der Waals surface area contributed by atoms with E-state index in [1.165, 1.54) is 6.42 Å². The summed E-state index contributed by atoms with van der Waals surface area (Å²) in [6, 6.07) is 7.78. The number of methoxy groups -OCH3 is 1. The lowest BCUT2D eigenvalue weighted by atomic mass is 9.95. The molecule has 106 valence electrons. The predicted molar refractivity (Wildman–Crippen MR) is 81.0 cm³/mol. The van der Waals surface area contributed by atoms with Crippen molar-refractivity contribution in [1.29, 1.82) is 0 Å². The minimum atomic E-state index is -0.669. The van der Waals surface area contributed by atoms with Gasteiger partial charge in [0.15, 0.2) is 0 Å². The minimum Gasteiger partial charge on any atom is -0.497 e. The molecule has 0 aromatic heterocycles. The highest BCUT2D eigenvalue weighted by atomic mass is 35.7. The molecule has 1 aliphatic rings. The minimum absolute atomic E-state index is 0.135. The van der Waals surface area contributed by atoms with Crippen LogP contribution in [0.4, 0.5) is 0 Å². The number of halogens is 1. The zero-order valence-corrected chi connectivity index (χ0v) is 13.1. The van der Waals surface area contributed by atoms with E-state index >= 15 is 0 Å². The molecule has 5 heteroatoms. The number of ether oxygens (including phenoxy) is 1. The van der Waals surface area contributed by atoms with E-state index < -0.39 is 13.5 Å². The van der Waals surface area contributed by atoms with E-state index in [9.17, 15) is 5.11 Å². The lowest BCUT2D eigenvalue weighted by Gasteiger charge is -2.39. The van der Waals surface area contributed by atoms with Gasteiger partial charge in [0.2, 0.25) is 0 Å². The fraction of sp³-hybridized carbons (Fsp3) is 0.571. The second-order valence-corrected chi connectivity index (χ2v) is 7.76. The molecular weight excluding hydrogens is 281 g/mol. The number of aliphatic hydroxyl groups excluding tert-OH is 1. The molecule has 1 aromatic carbocycles. The monoisotopic (exact) mass is 301 g/mol. The summed E-state index contributed by atoms with van der Waals surface area (Å²) in [6.45, 7) is 3.03. The fourth-order valence-corrected chi connectivity index (χ4v) is 4.26. The fourth-order valence-electron chi connectivity index (χ4n) is 2.63. The number of aliphatic hydroxyl groups is 1. The standard InChI is InChI=1S/C14H21ClNO2P/c1-18-12-8-6-11(7-9-12)14(17)13-5-3-4-10-16(13)19(2)15/h6-9,13-14,17H,3-5,10H2,1-2H3. The topological polar surface area (TPSA) is 32.7 Å². The third-order valence-electron chi connectivity index (χ3n) is 3.70. The number of nitrogens with zero attached hydrogens (tertiary/aromatic N) is 1. The Morgan fingerprint density at radius 2 is 2.05 bits per heavy atom. The summed E-state index contributed by atoms with van der Waals surface area (Å²) in [6.07, 6.45) is 2.86. The summed E-state index contributed by atoms with van der Waals surface area (Å²) in [5.74, 6) is 0.812. The molecule has 3 nitrogen and oxygen atoms in total. The Bertz CT molecular complexity index is 399. The Hall–Kier alpha value is -0.340. The summed E-state index contributed by atoms with van der Waals surface area (Å²) in [5.41, 5.74) is 0.936. The Labute approximate surface area is 121 Å². The van der Waals surface area contributed by atoms with E-state index in [-0.39, 0.29) is 6.04 Å². The van der Waals surface area contributed by atoms with Crippen LogP contribution in [0, 0.1) is 0 Å². The van der Waals surface area contributed by atoms with Crippen LogP contribution >= 0.6 is 18.7 Å². The Morgan fingerprint density at radius 3 is 2.63 bits per heavy atom. The molecule has 2 rings (SSSR count). The highest BCUT2D eigenvalue weighted by Crippen LogP contribution is 2.48. The molecule has 1 N–H and O–H groups in total. The van der Waals surface area contributed by atoms with Crippen molar-refractivity contribution in [3.8, 4) is 5.75 Å². The Morgan fingerprint density at radius 1 is 1.37 bits per heavy atom. The molecule has 1 fully saturated rings. The van der Waals surface area contributed by atoms with Crippen molar-refractivity contribution in [2.75, 3.05) is 20.3 Å². The molecule has 0 aliphatic carbocycles. The molecule has 0 saturated carbocycles. The number of benzene rings is 1. The van der Waals surface area contributed by atoms with E-state index in [1.807, 2.05) is 30.9 Å². The van der Waals surface area contributed by atoms with Gasteiger partial charge in [-0.1, -0.05) is 29.8 Å². The van der Waals surface area contributed by atoms with Gasteiger partial charge in [0.1, 0.15) is 5.75 Å². The van der Waals surface area contributed by atoms with Gasteiger partial charge in [-0.15, -0.1) is 0 Å². The first-order valence-electron chi connectivity index (χ1n) is 6.61. The largest absolute Gasteiger partial charge is 0.497 e. The van der Waals surface area contributed by atoms with Gasteiger partial charge >= 0.3 is 0 Å². The van der Waals surface area contributed by atoms with E-state index in [2.05, 4.69) is 4.67 Å². The van der Waals surface area contributed by atoms with Crippen LogP contribution < -0.4 is 4.74 Å². The van der Waals surface area contributed by atoms with E-state index in [4.69, 9.17) is 16.0 Å². The summed E-state index contributed by atoms with van der Waals surface area (Å²) < 4.78 is 7.40. The van der Waals surface area contributed by atoms with Crippen molar-refractivity contribution < 1.29 is 9.84 Å². The molecule has 19 heavy (non-hydrogen) atoms. The maximum absolute atomic E-state index is 10.6. The number of rotatable bonds is 4. The molecular formula is C14H21ClNO2P. The average Bonchev–Trinajstić information content (AvgIpc) is 2.46. The van der Waals surface area contributed by atoms with Crippen LogP contribution in [0.3, 0.4) is 0 Å². The normalized spacial score (nSPS) is 23.9. The molecule has 1 saturated heterocycles. The number of piperidine rings is 1. The first kappa shape index (κ1) is 15.1. The van der Waals surface area contributed by atoms with Gasteiger partial charge < -0.3 is 9.84 Å². The van der Waals surface area contributed by atoms with E-state index in [0.29, 0.717) is 0 Å². The van der Waals surface area contributed by atoms with Crippen molar-refractivity contribution in [1.82, 2.24) is 4.67 Å². The maximum Gasteiger partial charge on any atom is 0.118 e. The van der Waals surface area contributed by atoms with Gasteiger partial charge in [-0.2, -0.15) is 0 Å². The van der Waals surface area contributed by atoms with Gasteiger partial charge in [-0.3, -0.25) is 4.67 Å². The van der Waals surface area contributed by atoms with Crippen molar-refractivity contribution >= 4 is 18.7 Å². The smallest absolute Gasteiger partial charge is 0.118 e. The summed E-state index contributed by atoms with van der Waals surface area (Å²) in [5, 5.41) is 10.6. The third-order valence-corrected chi connectivity index (χ3v) is 5.48. The summed E-state index contributed by atoms with van der Waals surface area (Å²) in [7, 11) is 0.976. The lowest BCUT2D eigenvalue weighted by molar-refractivity contribution is 0.0724. The van der Waals surface area contributed by atoms with E-state index in [0.717, 1.165) is 30.7 Å². The van der Waals surface area contributed by atoms with Crippen molar-refractivity contribution in [2.45, 2.75) is 31.4 Å². The van der Waals surface area contributed by atoms with Gasteiger partial charge in [0, 0.05) is 12.6 Å². The second kappa shape index (κ2) is 6.90. The Kier molecular flexibility index (Phi) is 5.47. The van der Waals surface area contributed by atoms with Crippen LogP contribution in [0.2, 0.25) is 0 Å². The first-order chi connectivity index (χ1) is 9.13. The molecule has 1 aromatic rings. The zero-order valence-electron chi connectivity index (χ0n) is 11.4. The van der Waals surface area contributed by atoms with Crippen molar-refractivity contribution in [3.05, 3.63) is 29.8 Å². The molecule has 0 spiro atoms. The molecule has 3 atom stereocenters. The number of hydrogen-bond donors (Lipinski definition) is 1. The van der Waals surface area contributed by atoms with Crippen molar-refractivity contribution in [2.24, 2.45) is 0 Å².